The van der Waals surface area contributed by atoms with Gasteiger partial charge in [-0.25, -0.2) is 4.98 Å². The molecule has 2 atom stereocenters. The Labute approximate surface area is 182 Å². The van der Waals surface area contributed by atoms with Gasteiger partial charge in [0.2, 0.25) is 0 Å². The van der Waals surface area contributed by atoms with Crippen molar-refractivity contribution in [1.29, 1.82) is 0 Å². The zero-order valence-electron chi connectivity index (χ0n) is 18.4. The fourth-order valence-corrected chi connectivity index (χ4v) is 5.96. The third-order valence-corrected chi connectivity index (χ3v) is 7.56. The van der Waals surface area contributed by atoms with Gasteiger partial charge in [-0.05, 0) is 58.2 Å². The third-order valence-electron chi connectivity index (χ3n) is 7.56. The second-order valence-corrected chi connectivity index (χ2v) is 9.63. The van der Waals surface area contributed by atoms with Crippen molar-refractivity contribution in [2.24, 2.45) is 5.92 Å². The summed E-state index contributed by atoms with van der Waals surface area (Å²) in [6.07, 6.45) is 5.49. The molecule has 0 saturated carbocycles. The van der Waals surface area contributed by atoms with Crippen LogP contribution in [0.2, 0.25) is 0 Å². The molecule has 3 aromatic heterocycles. The molecule has 2 fully saturated rings. The summed E-state index contributed by atoms with van der Waals surface area (Å²) in [7, 11) is 0. The van der Waals surface area contributed by atoms with Crippen LogP contribution in [0.1, 0.15) is 47.7 Å². The van der Waals surface area contributed by atoms with E-state index in [-0.39, 0.29) is 5.56 Å². The maximum absolute atomic E-state index is 13.3. The van der Waals surface area contributed by atoms with E-state index in [0.29, 0.717) is 11.8 Å². The van der Waals surface area contributed by atoms with E-state index in [0.717, 1.165) is 68.4 Å². The first kappa shape index (κ1) is 19.0. The van der Waals surface area contributed by atoms with E-state index in [9.17, 15) is 4.79 Å². The molecule has 7 heteroatoms. The van der Waals surface area contributed by atoms with Crippen molar-refractivity contribution >= 4 is 11.5 Å². The van der Waals surface area contributed by atoms with Gasteiger partial charge in [0.1, 0.15) is 5.82 Å². The van der Waals surface area contributed by atoms with E-state index in [4.69, 9.17) is 0 Å². The molecule has 0 amide bonds. The maximum atomic E-state index is 13.3. The summed E-state index contributed by atoms with van der Waals surface area (Å²) in [5, 5.41) is 4.56. The zero-order chi connectivity index (χ0) is 21.1. The normalized spacial score (nSPS) is 23.5. The van der Waals surface area contributed by atoms with Gasteiger partial charge in [-0.15, -0.1) is 0 Å². The number of hydrogen-bond acceptors (Lipinski definition) is 5. The van der Waals surface area contributed by atoms with Gasteiger partial charge in [-0.2, -0.15) is 9.61 Å². The lowest BCUT2D eigenvalue weighted by atomic mass is 9.82. The van der Waals surface area contributed by atoms with Crippen LogP contribution in [0.3, 0.4) is 0 Å². The number of likely N-dealkylation sites (tertiary alicyclic amines) is 1. The zero-order valence-corrected chi connectivity index (χ0v) is 18.4. The third kappa shape index (κ3) is 3.09. The van der Waals surface area contributed by atoms with E-state index in [2.05, 4.69) is 50.4 Å². The van der Waals surface area contributed by atoms with Crippen LogP contribution in [-0.4, -0.2) is 50.2 Å². The highest BCUT2D eigenvalue weighted by Gasteiger charge is 2.36. The highest BCUT2D eigenvalue weighted by atomic mass is 16.1. The molecule has 0 aliphatic carbocycles. The Bertz CT molecular complexity index is 1200. The van der Waals surface area contributed by atoms with Crippen LogP contribution >= 0.6 is 0 Å². The Kier molecular flexibility index (Phi) is 4.42. The number of fused-ring (bicyclic) bond motifs is 5. The SMILES string of the molecule is Cc1nc2ccnn2c(N2C[C@@H]3C[C@H](C2)c2ccc(CN4CCCC4)c(=O)n2C3)c1C. The summed E-state index contributed by atoms with van der Waals surface area (Å²) < 4.78 is 4.07. The van der Waals surface area contributed by atoms with E-state index < -0.39 is 0 Å². The lowest BCUT2D eigenvalue weighted by Crippen LogP contribution is -2.48. The first-order valence-electron chi connectivity index (χ1n) is 11.6. The Balaban J connectivity index is 1.34. The second kappa shape index (κ2) is 7.19. The molecule has 6 rings (SSSR count). The number of anilines is 1. The fourth-order valence-electron chi connectivity index (χ4n) is 5.96. The molecule has 2 saturated heterocycles. The van der Waals surface area contributed by atoms with E-state index >= 15 is 0 Å². The van der Waals surface area contributed by atoms with Gasteiger partial charge < -0.3 is 9.47 Å². The number of rotatable bonds is 3. The molecule has 3 aromatic rings. The molecular weight excluding hydrogens is 388 g/mol. The van der Waals surface area contributed by atoms with Crippen LogP contribution in [0.15, 0.2) is 29.2 Å². The molecule has 7 nitrogen and oxygen atoms in total. The van der Waals surface area contributed by atoms with E-state index in [1.54, 1.807) is 0 Å². The van der Waals surface area contributed by atoms with Crippen LogP contribution in [-0.2, 0) is 13.1 Å². The Morgan fingerprint density at radius 1 is 1.06 bits per heavy atom. The van der Waals surface area contributed by atoms with Crippen molar-refractivity contribution in [3.63, 3.8) is 0 Å². The van der Waals surface area contributed by atoms with Gasteiger partial charge in [-0.1, -0.05) is 6.07 Å². The molecule has 0 unspecified atom stereocenters. The molecule has 0 radical (unpaired) electrons. The molecule has 0 aromatic carbocycles. The minimum absolute atomic E-state index is 0.234. The first-order valence-corrected chi connectivity index (χ1v) is 11.6. The Morgan fingerprint density at radius 3 is 2.74 bits per heavy atom. The van der Waals surface area contributed by atoms with Crippen LogP contribution < -0.4 is 10.5 Å². The summed E-state index contributed by atoms with van der Waals surface area (Å²) >= 11 is 0. The fraction of sp³-hybridized carbons (Fsp3) is 0.542. The molecule has 0 spiro atoms. The monoisotopic (exact) mass is 418 g/mol. The summed E-state index contributed by atoms with van der Waals surface area (Å²) in [5.41, 5.74) is 5.55. The summed E-state index contributed by atoms with van der Waals surface area (Å²) in [6.45, 7) is 9.95. The lowest BCUT2D eigenvalue weighted by molar-refractivity contribution is 0.276. The van der Waals surface area contributed by atoms with Crippen molar-refractivity contribution in [3.05, 3.63) is 57.3 Å². The van der Waals surface area contributed by atoms with Crippen molar-refractivity contribution in [2.45, 2.75) is 52.1 Å². The van der Waals surface area contributed by atoms with Gasteiger partial charge in [0, 0.05) is 60.7 Å². The van der Waals surface area contributed by atoms with Crippen molar-refractivity contribution in [1.82, 2.24) is 24.1 Å². The topological polar surface area (TPSA) is 58.7 Å². The van der Waals surface area contributed by atoms with Crippen molar-refractivity contribution < 1.29 is 0 Å². The molecular formula is C24H30N6O. The molecule has 6 heterocycles. The summed E-state index contributed by atoms with van der Waals surface area (Å²) in [4.78, 5) is 22.9. The number of aryl methyl sites for hydroxylation is 1. The van der Waals surface area contributed by atoms with Gasteiger partial charge in [0.05, 0.1) is 6.20 Å². The highest BCUT2D eigenvalue weighted by Crippen LogP contribution is 2.38. The number of aromatic nitrogens is 4. The number of piperidine rings is 1. The first-order chi connectivity index (χ1) is 15.1. The van der Waals surface area contributed by atoms with E-state index in [1.165, 1.54) is 24.1 Å². The minimum atomic E-state index is 0.234. The number of hydrogen-bond donors (Lipinski definition) is 0. The van der Waals surface area contributed by atoms with Crippen LogP contribution in [0.25, 0.3) is 5.65 Å². The second-order valence-electron chi connectivity index (χ2n) is 9.63. The quantitative estimate of drug-likeness (QED) is 0.655. The number of nitrogens with zero attached hydrogens (tertiary/aromatic N) is 6. The number of pyridine rings is 1. The molecule has 162 valence electrons. The van der Waals surface area contributed by atoms with Crippen molar-refractivity contribution in [3.8, 4) is 0 Å². The smallest absolute Gasteiger partial charge is 0.255 e. The lowest BCUT2D eigenvalue weighted by Gasteiger charge is -2.44. The predicted molar refractivity (Wildman–Crippen MR) is 121 cm³/mol. The predicted octanol–water partition coefficient (Wildman–Crippen LogP) is 2.73. The maximum Gasteiger partial charge on any atom is 0.255 e. The Morgan fingerprint density at radius 2 is 1.90 bits per heavy atom. The molecule has 0 N–H and O–H groups in total. The largest absolute Gasteiger partial charge is 0.355 e. The Hall–Kier alpha value is -2.67. The van der Waals surface area contributed by atoms with Gasteiger partial charge in [0.15, 0.2) is 5.65 Å². The van der Waals surface area contributed by atoms with Crippen molar-refractivity contribution in [2.75, 3.05) is 31.1 Å². The molecule has 3 aliphatic heterocycles. The molecule has 2 bridgehead atoms. The standard InChI is InChI=1S/C24H30N6O/c1-16-17(2)26-22-7-8-25-30(22)23(16)28-12-18-11-20(15-28)21-6-5-19(24(31)29(21)13-18)14-27-9-3-4-10-27/h5-8,18,20H,3-4,9-15H2,1-2H3/t18-,20+/m0/s1. The highest BCUT2D eigenvalue weighted by molar-refractivity contribution is 5.57. The molecule has 31 heavy (non-hydrogen) atoms. The average Bonchev–Trinajstić information content (AvgIpc) is 3.43. The van der Waals surface area contributed by atoms with Gasteiger partial charge >= 0.3 is 0 Å². The van der Waals surface area contributed by atoms with Gasteiger partial charge in [0.25, 0.3) is 5.56 Å². The molecule has 3 aliphatic rings. The average molecular weight is 419 g/mol. The van der Waals surface area contributed by atoms with Crippen LogP contribution in [0, 0.1) is 19.8 Å². The minimum Gasteiger partial charge on any atom is -0.355 e. The summed E-state index contributed by atoms with van der Waals surface area (Å²) in [6, 6.07) is 6.29. The van der Waals surface area contributed by atoms with E-state index in [1.807, 2.05) is 16.8 Å². The van der Waals surface area contributed by atoms with Crippen LogP contribution in [0.5, 0.6) is 0 Å². The van der Waals surface area contributed by atoms with Gasteiger partial charge in [-0.3, -0.25) is 9.69 Å². The van der Waals surface area contributed by atoms with Crippen LogP contribution in [0.4, 0.5) is 5.82 Å². The summed E-state index contributed by atoms with van der Waals surface area (Å²) in [5.74, 6) is 2.01.